The summed E-state index contributed by atoms with van der Waals surface area (Å²) >= 11 is 1.54. The second-order valence-electron chi connectivity index (χ2n) is 2.80. The van der Waals surface area contributed by atoms with Gasteiger partial charge in [-0.2, -0.15) is 0 Å². The Hall–Kier alpha value is -1.35. The summed E-state index contributed by atoms with van der Waals surface area (Å²) in [5.41, 5.74) is 6.74. The predicted octanol–water partition coefficient (Wildman–Crippen LogP) is 2.87. The summed E-state index contributed by atoms with van der Waals surface area (Å²) in [4.78, 5) is 4.33. The summed E-state index contributed by atoms with van der Waals surface area (Å²) in [6.45, 7) is 5.55. The number of nitrogens with two attached hydrogens (primary N) is 1. The third-order valence-electron chi connectivity index (χ3n) is 1.64. The van der Waals surface area contributed by atoms with Crippen molar-refractivity contribution in [1.29, 1.82) is 0 Å². The largest absolute Gasteiger partial charge is 0.389 e. The fourth-order valence-corrected chi connectivity index (χ4v) is 1.75. The number of hydrogen-bond acceptors (Lipinski definition) is 3. The van der Waals surface area contributed by atoms with Gasteiger partial charge in [0.2, 0.25) is 0 Å². The van der Waals surface area contributed by atoms with E-state index in [0.29, 0.717) is 0 Å². The lowest BCUT2D eigenvalue weighted by atomic mass is 10.3. The molecule has 1 aromatic rings. The lowest BCUT2D eigenvalue weighted by Gasteiger charge is -1.89. The van der Waals surface area contributed by atoms with E-state index in [1.54, 1.807) is 6.08 Å². The molecular formula is C11H14N2S. The number of nitrogen functional groups attached to an aromatic ring is 1. The van der Waals surface area contributed by atoms with Crippen molar-refractivity contribution in [3.05, 3.63) is 47.7 Å². The minimum Gasteiger partial charge on any atom is -0.389 e. The molecule has 2 N–H and O–H groups in total. The third kappa shape index (κ3) is 3.18. The van der Waals surface area contributed by atoms with Gasteiger partial charge < -0.3 is 5.73 Å². The number of nitrogens with zero attached hydrogens (tertiary/aromatic N) is 1. The molecule has 0 spiro atoms. The first-order valence-corrected chi connectivity index (χ1v) is 5.21. The normalized spacial score (nSPS) is 11.5. The number of allylic oxidation sites excluding steroid dienone is 5. The monoisotopic (exact) mass is 206 g/mol. The molecule has 3 heteroatoms. The highest BCUT2D eigenvalue weighted by Gasteiger charge is 2.02. The van der Waals surface area contributed by atoms with Gasteiger partial charge in [0, 0.05) is 6.42 Å². The lowest BCUT2D eigenvalue weighted by Crippen LogP contribution is -1.88. The van der Waals surface area contributed by atoms with E-state index in [1.807, 2.05) is 31.2 Å². The highest BCUT2D eigenvalue weighted by Crippen LogP contribution is 2.20. The van der Waals surface area contributed by atoms with Crippen LogP contribution in [0.25, 0.3) is 0 Å². The van der Waals surface area contributed by atoms with Crippen molar-refractivity contribution in [3.8, 4) is 0 Å². The first-order chi connectivity index (χ1) is 6.74. The first kappa shape index (κ1) is 10.7. The molecule has 0 aliphatic rings. The Morgan fingerprint density at radius 3 is 2.79 bits per heavy atom. The number of aryl methyl sites for hydroxylation is 1. The van der Waals surface area contributed by atoms with E-state index in [4.69, 9.17) is 5.73 Å². The maximum absolute atomic E-state index is 5.77. The van der Waals surface area contributed by atoms with Crippen LogP contribution in [0.2, 0.25) is 0 Å². The van der Waals surface area contributed by atoms with Crippen molar-refractivity contribution in [2.45, 2.75) is 13.3 Å². The van der Waals surface area contributed by atoms with E-state index in [-0.39, 0.29) is 0 Å². The van der Waals surface area contributed by atoms with Crippen molar-refractivity contribution >= 4 is 16.3 Å². The summed E-state index contributed by atoms with van der Waals surface area (Å²) < 4.78 is 0. The zero-order valence-corrected chi connectivity index (χ0v) is 9.05. The van der Waals surface area contributed by atoms with Crippen molar-refractivity contribution in [2.24, 2.45) is 0 Å². The SMILES string of the molecule is C=C/C=C\C=C/Cc1nc(C)sc1N. The van der Waals surface area contributed by atoms with E-state index >= 15 is 0 Å². The quantitative estimate of drug-likeness (QED) is 0.769. The molecule has 1 aromatic heterocycles. The van der Waals surface area contributed by atoms with Crippen LogP contribution < -0.4 is 5.73 Å². The van der Waals surface area contributed by atoms with Crippen LogP contribution in [-0.4, -0.2) is 4.98 Å². The van der Waals surface area contributed by atoms with Crippen molar-refractivity contribution in [2.75, 3.05) is 5.73 Å². The van der Waals surface area contributed by atoms with Gasteiger partial charge in [0.15, 0.2) is 0 Å². The number of anilines is 1. The van der Waals surface area contributed by atoms with E-state index in [2.05, 4.69) is 11.6 Å². The van der Waals surface area contributed by atoms with Gasteiger partial charge in [-0.15, -0.1) is 11.3 Å². The Balaban J connectivity index is 2.53. The molecule has 0 fully saturated rings. The van der Waals surface area contributed by atoms with Crippen molar-refractivity contribution in [1.82, 2.24) is 4.98 Å². The first-order valence-electron chi connectivity index (χ1n) is 4.40. The van der Waals surface area contributed by atoms with Crippen LogP contribution in [0.5, 0.6) is 0 Å². The Bertz CT molecular complexity index is 361. The average molecular weight is 206 g/mol. The molecule has 0 radical (unpaired) electrons. The lowest BCUT2D eigenvalue weighted by molar-refractivity contribution is 1.12. The van der Waals surface area contributed by atoms with Gasteiger partial charge >= 0.3 is 0 Å². The van der Waals surface area contributed by atoms with Gasteiger partial charge in [-0.05, 0) is 6.92 Å². The number of hydrogen-bond donors (Lipinski definition) is 1. The van der Waals surface area contributed by atoms with Crippen LogP contribution in [0, 0.1) is 6.92 Å². The smallest absolute Gasteiger partial charge is 0.110 e. The summed E-state index contributed by atoms with van der Waals surface area (Å²) in [5, 5.41) is 1.84. The van der Waals surface area contributed by atoms with E-state index in [0.717, 1.165) is 22.1 Å². The average Bonchev–Trinajstić information content (AvgIpc) is 2.45. The van der Waals surface area contributed by atoms with Crippen LogP contribution in [0.15, 0.2) is 37.0 Å². The highest BCUT2D eigenvalue weighted by atomic mass is 32.1. The van der Waals surface area contributed by atoms with E-state index in [1.165, 1.54) is 11.3 Å². The predicted molar refractivity (Wildman–Crippen MR) is 63.4 cm³/mol. The molecule has 0 unspecified atom stereocenters. The fraction of sp³-hybridized carbons (Fsp3) is 0.182. The van der Waals surface area contributed by atoms with Gasteiger partial charge in [0.1, 0.15) is 5.00 Å². The number of rotatable bonds is 4. The Kier molecular flexibility index (Phi) is 4.13. The molecule has 1 heterocycles. The molecule has 0 aliphatic heterocycles. The van der Waals surface area contributed by atoms with Crippen LogP contribution in [0.3, 0.4) is 0 Å². The minimum absolute atomic E-state index is 0.789. The van der Waals surface area contributed by atoms with E-state index in [9.17, 15) is 0 Å². The zero-order valence-electron chi connectivity index (χ0n) is 8.23. The summed E-state index contributed by atoms with van der Waals surface area (Å²) in [5.74, 6) is 0. The molecule has 2 nitrogen and oxygen atoms in total. The summed E-state index contributed by atoms with van der Waals surface area (Å²) in [7, 11) is 0. The molecule has 14 heavy (non-hydrogen) atoms. The molecule has 74 valence electrons. The van der Waals surface area contributed by atoms with E-state index < -0.39 is 0 Å². The molecule has 0 saturated heterocycles. The third-order valence-corrected chi connectivity index (χ3v) is 2.48. The summed E-state index contributed by atoms with van der Waals surface area (Å²) in [6, 6.07) is 0. The van der Waals surface area contributed by atoms with Gasteiger partial charge in [0.05, 0.1) is 10.7 Å². The molecule has 1 rings (SSSR count). The highest BCUT2D eigenvalue weighted by molar-refractivity contribution is 7.15. The standard InChI is InChI=1S/C11H14N2S/c1-3-4-5-6-7-8-10-11(12)14-9(2)13-10/h3-7H,1,8,12H2,2H3/b5-4-,7-6-. The van der Waals surface area contributed by atoms with Gasteiger partial charge in [0.25, 0.3) is 0 Å². The molecule has 0 aliphatic carbocycles. The van der Waals surface area contributed by atoms with Crippen LogP contribution in [0.4, 0.5) is 5.00 Å². The van der Waals surface area contributed by atoms with Crippen molar-refractivity contribution in [3.63, 3.8) is 0 Å². The topological polar surface area (TPSA) is 38.9 Å². The fourth-order valence-electron chi connectivity index (χ4n) is 1.03. The molecule has 0 saturated carbocycles. The minimum atomic E-state index is 0.789. The number of aromatic nitrogens is 1. The van der Waals surface area contributed by atoms with Crippen molar-refractivity contribution < 1.29 is 0 Å². The molecule has 0 atom stereocenters. The Morgan fingerprint density at radius 2 is 2.21 bits per heavy atom. The molecular weight excluding hydrogens is 192 g/mol. The summed E-state index contributed by atoms with van der Waals surface area (Å²) in [6.07, 6.45) is 10.3. The second kappa shape index (κ2) is 5.40. The Labute approximate surface area is 88.5 Å². The molecule has 0 bridgehead atoms. The zero-order chi connectivity index (χ0) is 10.4. The van der Waals surface area contributed by atoms with Crippen LogP contribution in [0.1, 0.15) is 10.7 Å². The maximum atomic E-state index is 5.77. The molecule has 0 amide bonds. The van der Waals surface area contributed by atoms with Gasteiger partial charge in [-0.1, -0.05) is 37.0 Å². The molecule has 0 aromatic carbocycles. The van der Waals surface area contributed by atoms with Crippen LogP contribution >= 0.6 is 11.3 Å². The van der Waals surface area contributed by atoms with Gasteiger partial charge in [-0.3, -0.25) is 0 Å². The number of thiazole rings is 1. The maximum Gasteiger partial charge on any atom is 0.110 e. The Morgan fingerprint density at radius 1 is 1.43 bits per heavy atom. The van der Waals surface area contributed by atoms with Crippen LogP contribution in [-0.2, 0) is 6.42 Å². The van der Waals surface area contributed by atoms with Gasteiger partial charge in [-0.25, -0.2) is 4.98 Å². The second-order valence-corrected chi connectivity index (χ2v) is 4.03.